The highest BCUT2D eigenvalue weighted by Gasteiger charge is 2.50. The minimum atomic E-state index is -0.774. The van der Waals surface area contributed by atoms with Gasteiger partial charge in [0, 0.05) is 11.0 Å². The molecule has 0 unspecified atom stereocenters. The van der Waals surface area contributed by atoms with Crippen LogP contribution < -0.4 is 5.32 Å². The van der Waals surface area contributed by atoms with Crippen molar-refractivity contribution in [3.8, 4) is 6.07 Å². The molecule has 1 N–H and O–H groups in total. The van der Waals surface area contributed by atoms with Gasteiger partial charge in [0.15, 0.2) is 0 Å². The molecule has 0 aromatic heterocycles. The number of nitriles is 1. The fourth-order valence-corrected chi connectivity index (χ4v) is 3.28. The monoisotopic (exact) mass is 246 g/mol. The van der Waals surface area contributed by atoms with Gasteiger partial charge in [0.25, 0.3) is 0 Å². The molecular formula is C12H12N3OS-. The second-order valence-electron chi connectivity index (χ2n) is 4.58. The van der Waals surface area contributed by atoms with Crippen LogP contribution in [0.4, 0.5) is 0 Å². The van der Waals surface area contributed by atoms with Crippen LogP contribution in [0.3, 0.4) is 0 Å². The Morgan fingerprint density at radius 1 is 1.41 bits per heavy atom. The lowest BCUT2D eigenvalue weighted by atomic mass is 9.60. The number of nitrogens with one attached hydrogen (secondary N) is 1. The third-order valence-corrected chi connectivity index (χ3v) is 4.07. The Morgan fingerprint density at radius 2 is 2.06 bits per heavy atom. The summed E-state index contributed by atoms with van der Waals surface area (Å²) in [6.07, 6.45) is 4.40. The Labute approximate surface area is 105 Å². The van der Waals surface area contributed by atoms with Gasteiger partial charge in [0.2, 0.25) is 5.91 Å². The van der Waals surface area contributed by atoms with Gasteiger partial charge in [0.05, 0.1) is 6.07 Å². The van der Waals surface area contributed by atoms with Crippen molar-refractivity contribution in [1.82, 2.24) is 5.32 Å². The highest BCUT2D eigenvalue weighted by Crippen LogP contribution is 2.49. The molecule has 1 atom stereocenters. The standard InChI is InChI=1S/C12H12N3OS/c13-6-8-10(16)15-11(17)9(7-14)12(8)4-2-1-3-5-12/h8H,1-5H2,(H,15,16,17)/q-1/t8-/m0/s1. The van der Waals surface area contributed by atoms with Crippen molar-refractivity contribution in [2.75, 3.05) is 0 Å². The molecule has 2 fully saturated rings. The van der Waals surface area contributed by atoms with E-state index < -0.39 is 11.3 Å². The molecule has 0 radical (unpaired) electrons. The number of thiocarbonyl (C=S) groups is 1. The Kier molecular flexibility index (Phi) is 3.10. The predicted molar refractivity (Wildman–Crippen MR) is 67.2 cm³/mol. The second-order valence-corrected chi connectivity index (χ2v) is 4.99. The van der Waals surface area contributed by atoms with Crippen molar-refractivity contribution >= 4 is 29.0 Å². The largest absolute Gasteiger partial charge is 0.763 e. The van der Waals surface area contributed by atoms with Crippen LogP contribution in [0, 0.1) is 22.7 Å². The molecule has 5 heteroatoms. The van der Waals surface area contributed by atoms with Gasteiger partial charge in [-0.2, -0.15) is 5.26 Å². The van der Waals surface area contributed by atoms with E-state index in [0.717, 1.165) is 19.3 Å². The van der Waals surface area contributed by atoms with Gasteiger partial charge in [0.1, 0.15) is 10.9 Å². The van der Waals surface area contributed by atoms with E-state index in [9.17, 15) is 15.5 Å². The molecule has 1 saturated heterocycles. The maximum atomic E-state index is 11.8. The summed E-state index contributed by atoms with van der Waals surface area (Å²) < 4.78 is 0. The lowest BCUT2D eigenvalue weighted by Crippen LogP contribution is -2.53. The van der Waals surface area contributed by atoms with Crippen LogP contribution in [0.2, 0.25) is 0 Å². The van der Waals surface area contributed by atoms with E-state index in [1.807, 2.05) is 0 Å². The average Bonchev–Trinajstić information content (AvgIpc) is 2.30. The molecule has 1 spiro atoms. The molecule has 0 bridgehead atoms. The number of hydrogen-bond donors (Lipinski definition) is 1. The quantitative estimate of drug-likeness (QED) is 0.401. The van der Waals surface area contributed by atoms with Gasteiger partial charge in [-0.25, -0.2) is 0 Å². The van der Waals surface area contributed by atoms with E-state index in [2.05, 4.69) is 17.3 Å². The normalized spacial score (nSPS) is 27.2. The molecule has 17 heavy (non-hydrogen) atoms. The maximum absolute atomic E-state index is 11.8. The number of hydrogen-bond acceptors (Lipinski definition) is 3. The molecule has 1 aliphatic heterocycles. The zero-order chi connectivity index (χ0) is 12.5. The van der Waals surface area contributed by atoms with Crippen molar-refractivity contribution in [1.29, 1.82) is 5.26 Å². The Morgan fingerprint density at radius 3 is 2.59 bits per heavy atom. The first-order chi connectivity index (χ1) is 8.15. The molecule has 0 aromatic rings. The number of nitrogens with zero attached hydrogens (tertiary/aromatic N) is 2. The fraction of sp³-hybridized carbons (Fsp3) is 0.583. The van der Waals surface area contributed by atoms with Crippen LogP contribution in [0.15, 0.2) is 5.57 Å². The first-order valence-corrected chi connectivity index (χ1v) is 6.09. The molecule has 1 aliphatic carbocycles. The fourth-order valence-electron chi connectivity index (χ4n) is 2.93. The van der Waals surface area contributed by atoms with E-state index in [0.29, 0.717) is 18.4 Å². The lowest BCUT2D eigenvalue weighted by molar-refractivity contribution is -0.126. The number of amides is 1. The zero-order valence-electron chi connectivity index (χ0n) is 9.32. The predicted octanol–water partition coefficient (Wildman–Crippen LogP) is 1.70. The Balaban J connectivity index is 2.53. The van der Waals surface area contributed by atoms with E-state index in [-0.39, 0.29) is 10.9 Å². The van der Waals surface area contributed by atoms with E-state index in [1.165, 1.54) is 0 Å². The van der Waals surface area contributed by atoms with Gasteiger partial charge in [-0.05, 0) is 12.8 Å². The Hall–Kier alpha value is -1.50. The summed E-state index contributed by atoms with van der Waals surface area (Å²) >= 11 is 5.06. The van der Waals surface area contributed by atoms with Crippen LogP contribution in [0.5, 0.6) is 0 Å². The number of rotatable bonds is 0. The van der Waals surface area contributed by atoms with Gasteiger partial charge >= 0.3 is 0 Å². The molecule has 1 saturated carbocycles. The van der Waals surface area contributed by atoms with E-state index in [1.54, 1.807) is 0 Å². The average molecular weight is 246 g/mol. The molecule has 1 heterocycles. The van der Waals surface area contributed by atoms with Crippen LogP contribution in [-0.2, 0) is 4.79 Å². The van der Waals surface area contributed by atoms with Crippen molar-refractivity contribution in [2.24, 2.45) is 11.3 Å². The van der Waals surface area contributed by atoms with Gasteiger partial charge < -0.3 is 10.7 Å². The minimum absolute atomic E-state index is 0.214. The number of piperidine rings is 1. The third kappa shape index (κ3) is 1.70. The topological polar surface area (TPSA) is 75.2 Å². The Bertz CT molecular complexity index is 465. The summed E-state index contributed by atoms with van der Waals surface area (Å²) in [5.41, 5.74) is -0.195. The molecule has 2 aliphatic rings. The highest BCUT2D eigenvalue weighted by atomic mass is 32.1. The summed E-state index contributed by atoms with van der Waals surface area (Å²) in [5, 5.41) is 20.9. The van der Waals surface area contributed by atoms with Crippen LogP contribution in [0.1, 0.15) is 32.1 Å². The van der Waals surface area contributed by atoms with Gasteiger partial charge in [-0.3, -0.25) is 10.7 Å². The molecular weight excluding hydrogens is 234 g/mol. The summed E-state index contributed by atoms with van der Waals surface area (Å²) in [6, 6.07) is 2.06. The van der Waals surface area contributed by atoms with E-state index in [4.69, 9.17) is 12.2 Å². The maximum Gasteiger partial charge on any atom is 0.243 e. The van der Waals surface area contributed by atoms with Gasteiger partial charge in [-0.1, -0.05) is 31.5 Å². The third-order valence-electron chi connectivity index (χ3n) is 3.76. The molecule has 4 nitrogen and oxygen atoms in total. The molecule has 0 aromatic carbocycles. The first kappa shape index (κ1) is 12.0. The minimum Gasteiger partial charge on any atom is -0.763 e. The summed E-state index contributed by atoms with van der Waals surface area (Å²) in [4.78, 5) is 12.0. The van der Waals surface area contributed by atoms with Crippen LogP contribution in [-0.4, -0.2) is 16.8 Å². The number of carbonyl (C=O) groups is 1. The molecule has 88 valence electrons. The van der Waals surface area contributed by atoms with Crippen molar-refractivity contribution in [3.05, 3.63) is 11.0 Å². The van der Waals surface area contributed by atoms with Crippen LogP contribution in [0.25, 0.3) is 5.41 Å². The highest BCUT2D eigenvalue weighted by molar-refractivity contribution is 7.80. The summed E-state index contributed by atoms with van der Waals surface area (Å²) in [5.74, 6) is 0.986. The van der Waals surface area contributed by atoms with Crippen molar-refractivity contribution < 1.29 is 4.79 Å². The second kappa shape index (κ2) is 4.40. The number of carbonyl (C=O) groups excluding carboxylic acids is 1. The van der Waals surface area contributed by atoms with E-state index >= 15 is 0 Å². The molecule has 2 rings (SSSR count). The van der Waals surface area contributed by atoms with Crippen LogP contribution >= 0.6 is 12.2 Å². The SMILES string of the molecule is N#C[C@H]1C(=O)NC(=S)C(=C=[N-])C12CCCCC2. The smallest absolute Gasteiger partial charge is 0.243 e. The lowest BCUT2D eigenvalue weighted by Gasteiger charge is -2.44. The summed E-state index contributed by atoms with van der Waals surface area (Å²) in [7, 11) is 0. The summed E-state index contributed by atoms with van der Waals surface area (Å²) in [6.45, 7) is 0. The molecule has 1 amide bonds. The van der Waals surface area contributed by atoms with Crippen molar-refractivity contribution in [2.45, 2.75) is 32.1 Å². The van der Waals surface area contributed by atoms with Gasteiger partial charge in [-0.15, -0.1) is 0 Å². The zero-order valence-corrected chi connectivity index (χ0v) is 10.1. The van der Waals surface area contributed by atoms with Crippen molar-refractivity contribution in [3.63, 3.8) is 0 Å². The first-order valence-electron chi connectivity index (χ1n) is 5.68.